The van der Waals surface area contributed by atoms with E-state index in [1.54, 1.807) is 0 Å². The van der Waals surface area contributed by atoms with Crippen molar-refractivity contribution in [2.75, 3.05) is 13.2 Å². The molecule has 1 N–H and O–H groups in total. The number of benzene rings is 1. The number of carbonyl (C=O) groups excluding carboxylic acids is 1. The number of rotatable bonds is 7. The molecule has 1 amide bonds. The van der Waals surface area contributed by atoms with Crippen molar-refractivity contribution >= 4 is 5.91 Å². The first-order valence-corrected chi connectivity index (χ1v) is 7.96. The Hall–Kier alpha value is -1.55. The van der Waals surface area contributed by atoms with E-state index in [-0.39, 0.29) is 18.1 Å². The lowest BCUT2D eigenvalue weighted by molar-refractivity contribution is -0.129. The topological polar surface area (TPSA) is 41.6 Å². The van der Waals surface area contributed by atoms with E-state index < -0.39 is 0 Å². The van der Waals surface area contributed by atoms with E-state index in [1.165, 1.54) is 0 Å². The van der Waals surface area contributed by atoms with Crippen molar-refractivity contribution in [3.05, 3.63) is 29.8 Å². The average Bonchev–Trinajstić information content (AvgIpc) is 2.79. The zero-order chi connectivity index (χ0) is 15.2. The summed E-state index contributed by atoms with van der Waals surface area (Å²) >= 11 is 0. The van der Waals surface area contributed by atoms with Crippen LogP contribution in [0.2, 0.25) is 0 Å². The number of amides is 1. The summed E-state index contributed by atoms with van der Waals surface area (Å²) in [4.78, 5) is 14.2. The van der Waals surface area contributed by atoms with Crippen LogP contribution in [0, 0.1) is 0 Å². The van der Waals surface area contributed by atoms with Gasteiger partial charge in [0.25, 0.3) is 0 Å². The van der Waals surface area contributed by atoms with Crippen molar-refractivity contribution < 1.29 is 9.53 Å². The molecule has 0 aromatic heterocycles. The van der Waals surface area contributed by atoms with Crippen LogP contribution in [0.15, 0.2) is 24.3 Å². The Labute approximate surface area is 127 Å². The highest BCUT2D eigenvalue weighted by atomic mass is 16.5. The normalized spacial score (nSPS) is 21.9. The Morgan fingerprint density at radius 3 is 2.52 bits per heavy atom. The van der Waals surface area contributed by atoms with Crippen LogP contribution in [0.3, 0.4) is 0 Å². The van der Waals surface area contributed by atoms with Gasteiger partial charge in [-0.05, 0) is 37.5 Å². The predicted octanol–water partition coefficient (Wildman–Crippen LogP) is 3.09. The highest BCUT2D eigenvalue weighted by Gasteiger charge is 2.36. The van der Waals surface area contributed by atoms with Crippen LogP contribution in [0.5, 0.6) is 5.75 Å². The Morgan fingerprint density at radius 2 is 1.90 bits per heavy atom. The third-order valence-electron chi connectivity index (χ3n) is 3.79. The van der Waals surface area contributed by atoms with Crippen LogP contribution in [-0.4, -0.2) is 30.0 Å². The molecule has 116 valence electrons. The molecule has 0 aliphatic carbocycles. The summed E-state index contributed by atoms with van der Waals surface area (Å²) in [5, 5.41) is 3.38. The van der Waals surface area contributed by atoms with Crippen molar-refractivity contribution in [1.29, 1.82) is 0 Å². The molecular formula is C17H26N2O2. The second-order valence-electron chi connectivity index (χ2n) is 5.59. The van der Waals surface area contributed by atoms with Gasteiger partial charge in [0.1, 0.15) is 11.9 Å². The number of ether oxygens (including phenoxy) is 1. The highest BCUT2D eigenvalue weighted by Crippen LogP contribution is 2.27. The molecule has 1 aliphatic heterocycles. The molecule has 1 aromatic rings. The smallest absolute Gasteiger partial charge is 0.241 e. The summed E-state index contributed by atoms with van der Waals surface area (Å²) in [6.45, 7) is 7.71. The molecule has 4 nitrogen and oxygen atoms in total. The van der Waals surface area contributed by atoms with Crippen LogP contribution in [0.1, 0.15) is 51.8 Å². The molecule has 4 heteroatoms. The fourth-order valence-corrected chi connectivity index (χ4v) is 2.58. The molecule has 1 aliphatic rings. The van der Waals surface area contributed by atoms with Gasteiger partial charge < -0.3 is 9.64 Å². The zero-order valence-electron chi connectivity index (χ0n) is 13.3. The molecule has 2 atom stereocenters. The van der Waals surface area contributed by atoms with Crippen molar-refractivity contribution in [2.45, 2.75) is 52.2 Å². The SMILES string of the molecule is CCCCN1C(=O)C(C)NC1c1ccc(OCCC)cc1. The molecule has 1 fully saturated rings. The maximum absolute atomic E-state index is 12.2. The second kappa shape index (κ2) is 7.46. The average molecular weight is 290 g/mol. The molecule has 0 spiro atoms. The molecule has 0 saturated carbocycles. The number of hydrogen-bond donors (Lipinski definition) is 1. The predicted molar refractivity (Wildman–Crippen MR) is 84.2 cm³/mol. The first kappa shape index (κ1) is 15.8. The molecule has 2 rings (SSSR count). The minimum Gasteiger partial charge on any atom is -0.494 e. The Kier molecular flexibility index (Phi) is 5.62. The van der Waals surface area contributed by atoms with E-state index in [9.17, 15) is 4.79 Å². The van der Waals surface area contributed by atoms with Gasteiger partial charge in [-0.25, -0.2) is 0 Å². The van der Waals surface area contributed by atoms with E-state index in [0.717, 1.165) is 43.7 Å². The second-order valence-corrected chi connectivity index (χ2v) is 5.59. The van der Waals surface area contributed by atoms with Crippen LogP contribution < -0.4 is 10.1 Å². The maximum atomic E-state index is 12.2. The van der Waals surface area contributed by atoms with Gasteiger partial charge in [-0.1, -0.05) is 32.4 Å². The maximum Gasteiger partial charge on any atom is 0.241 e. The van der Waals surface area contributed by atoms with Gasteiger partial charge in [0.2, 0.25) is 5.91 Å². The molecular weight excluding hydrogens is 264 g/mol. The Balaban J connectivity index is 2.09. The van der Waals surface area contributed by atoms with Crippen molar-refractivity contribution in [1.82, 2.24) is 10.2 Å². The third kappa shape index (κ3) is 3.76. The lowest BCUT2D eigenvalue weighted by Gasteiger charge is -2.24. The minimum absolute atomic E-state index is 0.0146. The summed E-state index contributed by atoms with van der Waals surface area (Å²) in [6.07, 6.45) is 3.12. The van der Waals surface area contributed by atoms with Gasteiger partial charge in [0.15, 0.2) is 0 Å². The van der Waals surface area contributed by atoms with Crippen molar-refractivity contribution in [2.24, 2.45) is 0 Å². The van der Waals surface area contributed by atoms with Gasteiger partial charge in [0, 0.05) is 6.54 Å². The zero-order valence-corrected chi connectivity index (χ0v) is 13.3. The molecule has 0 bridgehead atoms. The third-order valence-corrected chi connectivity index (χ3v) is 3.79. The van der Waals surface area contributed by atoms with Gasteiger partial charge in [-0.15, -0.1) is 0 Å². The lowest BCUT2D eigenvalue weighted by Crippen LogP contribution is -2.31. The highest BCUT2D eigenvalue weighted by molar-refractivity contribution is 5.84. The van der Waals surface area contributed by atoms with Gasteiger partial charge in [-0.2, -0.15) is 0 Å². The monoisotopic (exact) mass is 290 g/mol. The number of nitrogens with one attached hydrogen (secondary N) is 1. The number of nitrogens with zero attached hydrogens (tertiary/aromatic N) is 1. The number of carbonyl (C=O) groups is 1. The lowest BCUT2D eigenvalue weighted by atomic mass is 10.1. The fraction of sp³-hybridized carbons (Fsp3) is 0.588. The number of hydrogen-bond acceptors (Lipinski definition) is 3. The van der Waals surface area contributed by atoms with Crippen molar-refractivity contribution in [3.8, 4) is 5.75 Å². The largest absolute Gasteiger partial charge is 0.494 e. The molecule has 1 aromatic carbocycles. The summed E-state index contributed by atoms with van der Waals surface area (Å²) in [5.41, 5.74) is 1.12. The van der Waals surface area contributed by atoms with Crippen LogP contribution in [-0.2, 0) is 4.79 Å². The van der Waals surface area contributed by atoms with Crippen LogP contribution >= 0.6 is 0 Å². The molecule has 2 unspecified atom stereocenters. The van der Waals surface area contributed by atoms with E-state index in [1.807, 2.05) is 36.1 Å². The van der Waals surface area contributed by atoms with Crippen LogP contribution in [0.4, 0.5) is 0 Å². The Bertz CT molecular complexity index is 458. The quantitative estimate of drug-likeness (QED) is 0.839. The molecule has 0 radical (unpaired) electrons. The van der Waals surface area contributed by atoms with E-state index in [2.05, 4.69) is 19.2 Å². The number of unbranched alkanes of at least 4 members (excludes halogenated alkanes) is 1. The summed E-state index contributed by atoms with van der Waals surface area (Å²) in [7, 11) is 0. The first-order valence-electron chi connectivity index (χ1n) is 7.96. The molecule has 1 heterocycles. The van der Waals surface area contributed by atoms with Gasteiger partial charge in [-0.3, -0.25) is 10.1 Å². The standard InChI is InChI=1S/C17H26N2O2/c1-4-6-11-19-16(18-13(3)17(19)20)14-7-9-15(10-8-14)21-12-5-2/h7-10,13,16,18H,4-6,11-12H2,1-3H3. The van der Waals surface area contributed by atoms with Crippen LogP contribution in [0.25, 0.3) is 0 Å². The minimum atomic E-state index is -0.108. The molecule has 21 heavy (non-hydrogen) atoms. The molecule has 1 saturated heterocycles. The van der Waals surface area contributed by atoms with E-state index >= 15 is 0 Å². The first-order chi connectivity index (χ1) is 10.2. The van der Waals surface area contributed by atoms with E-state index in [0.29, 0.717) is 0 Å². The van der Waals surface area contributed by atoms with Gasteiger partial charge in [0.05, 0.1) is 12.6 Å². The summed E-state index contributed by atoms with van der Waals surface area (Å²) in [6, 6.07) is 7.96. The Morgan fingerprint density at radius 1 is 1.19 bits per heavy atom. The summed E-state index contributed by atoms with van der Waals surface area (Å²) in [5.74, 6) is 1.08. The van der Waals surface area contributed by atoms with Crippen molar-refractivity contribution in [3.63, 3.8) is 0 Å². The van der Waals surface area contributed by atoms with E-state index in [4.69, 9.17) is 4.74 Å². The fourth-order valence-electron chi connectivity index (χ4n) is 2.58. The van der Waals surface area contributed by atoms with Gasteiger partial charge >= 0.3 is 0 Å². The summed E-state index contributed by atoms with van der Waals surface area (Å²) < 4.78 is 5.61.